The molecule has 1 aliphatic heterocycles. The Balaban J connectivity index is 2.15. The third-order valence-electron chi connectivity index (χ3n) is 5.09. The summed E-state index contributed by atoms with van der Waals surface area (Å²) in [7, 11) is 0. The van der Waals surface area contributed by atoms with E-state index in [1.54, 1.807) is 72.7 Å². The number of amides is 2. The molecule has 2 aromatic rings. The number of hydrogen-bond acceptors (Lipinski definition) is 6. The Labute approximate surface area is 206 Å². The number of para-hydroxylation sites is 1. The fraction of sp³-hybridized carbons (Fsp3) is 0.393. The Bertz CT molecular complexity index is 1180. The summed E-state index contributed by atoms with van der Waals surface area (Å²) in [6.07, 6.45) is -1.91. The van der Waals surface area contributed by atoms with Gasteiger partial charge in [0.2, 0.25) is 5.60 Å². The van der Waals surface area contributed by atoms with Crippen LogP contribution in [-0.2, 0) is 24.6 Å². The van der Waals surface area contributed by atoms with Gasteiger partial charge in [0.05, 0.1) is 11.6 Å². The van der Waals surface area contributed by atoms with Crippen LogP contribution in [0.15, 0.2) is 54.6 Å². The van der Waals surface area contributed by atoms with E-state index in [-0.39, 0.29) is 5.69 Å². The second kappa shape index (κ2) is 9.46. The Kier molecular flexibility index (Phi) is 6.98. The molecular formula is C28H31NO6. The fourth-order valence-electron chi connectivity index (χ4n) is 3.68. The molecule has 7 nitrogen and oxygen atoms in total. The van der Waals surface area contributed by atoms with Crippen molar-refractivity contribution < 1.29 is 28.6 Å². The van der Waals surface area contributed by atoms with Crippen LogP contribution in [0.4, 0.5) is 15.3 Å². The lowest BCUT2D eigenvalue weighted by Gasteiger charge is -2.32. The van der Waals surface area contributed by atoms with Crippen molar-refractivity contribution in [1.82, 2.24) is 0 Å². The second-order valence-electron chi connectivity index (χ2n) is 10.3. The molecule has 1 aliphatic rings. The highest BCUT2D eigenvalue weighted by atomic mass is 16.7. The quantitative estimate of drug-likeness (QED) is 0.401. The molecule has 0 unspecified atom stereocenters. The van der Waals surface area contributed by atoms with Gasteiger partial charge < -0.3 is 14.2 Å². The van der Waals surface area contributed by atoms with Crippen molar-refractivity contribution in [2.75, 3.05) is 4.90 Å². The standard InChI is InChI=1S/C28H31NO6/c1-19(17-18-20-13-9-8-10-14-20)28(35-25(32)34-27(5,6)7)21-15-11-12-16-22(21)29(23(28)30)24(31)33-26(2,3)4/h8-16,19H,1-7H3/t19-,28+/m0/s1. The van der Waals surface area contributed by atoms with E-state index in [2.05, 4.69) is 11.8 Å². The minimum atomic E-state index is -1.92. The van der Waals surface area contributed by atoms with Crippen LogP contribution in [0.2, 0.25) is 0 Å². The van der Waals surface area contributed by atoms with Crippen molar-refractivity contribution in [2.45, 2.75) is 65.3 Å². The van der Waals surface area contributed by atoms with Crippen molar-refractivity contribution in [2.24, 2.45) is 5.92 Å². The van der Waals surface area contributed by atoms with E-state index in [0.717, 1.165) is 10.5 Å². The zero-order valence-electron chi connectivity index (χ0n) is 21.2. The molecule has 2 aromatic carbocycles. The Morgan fingerprint density at radius 3 is 2.06 bits per heavy atom. The second-order valence-corrected chi connectivity index (χ2v) is 10.3. The van der Waals surface area contributed by atoms with Gasteiger partial charge in [0.1, 0.15) is 11.2 Å². The van der Waals surface area contributed by atoms with E-state index in [9.17, 15) is 14.4 Å². The van der Waals surface area contributed by atoms with Crippen molar-refractivity contribution in [3.8, 4) is 11.8 Å². The first kappa shape index (κ1) is 25.8. The van der Waals surface area contributed by atoms with Gasteiger partial charge in [-0.05, 0) is 66.7 Å². The molecule has 0 bridgehead atoms. The molecule has 0 radical (unpaired) electrons. The summed E-state index contributed by atoms with van der Waals surface area (Å²) >= 11 is 0. The van der Waals surface area contributed by atoms with E-state index < -0.39 is 40.9 Å². The largest absolute Gasteiger partial charge is 0.510 e. The first-order valence-corrected chi connectivity index (χ1v) is 11.4. The van der Waals surface area contributed by atoms with Gasteiger partial charge in [0, 0.05) is 11.1 Å². The third kappa shape index (κ3) is 5.65. The molecule has 0 aromatic heterocycles. The van der Waals surface area contributed by atoms with Crippen LogP contribution in [0.1, 0.15) is 59.6 Å². The molecule has 3 rings (SSSR count). The highest BCUT2D eigenvalue weighted by molar-refractivity contribution is 6.21. The minimum Gasteiger partial charge on any atom is -0.443 e. The number of carbonyl (C=O) groups is 3. The molecule has 0 saturated carbocycles. The maximum Gasteiger partial charge on any atom is 0.510 e. The molecular weight excluding hydrogens is 446 g/mol. The molecule has 7 heteroatoms. The van der Waals surface area contributed by atoms with Crippen molar-refractivity contribution in [3.63, 3.8) is 0 Å². The van der Waals surface area contributed by atoms with Gasteiger partial charge in [-0.2, -0.15) is 0 Å². The highest BCUT2D eigenvalue weighted by Gasteiger charge is 2.60. The lowest BCUT2D eigenvalue weighted by atomic mass is 9.83. The lowest BCUT2D eigenvalue weighted by Crippen LogP contribution is -2.50. The number of rotatable bonds is 2. The van der Waals surface area contributed by atoms with E-state index in [1.807, 2.05) is 30.3 Å². The number of benzene rings is 2. The van der Waals surface area contributed by atoms with Crippen LogP contribution in [0.25, 0.3) is 0 Å². The molecule has 1 heterocycles. The van der Waals surface area contributed by atoms with Crippen LogP contribution in [-0.4, -0.2) is 29.4 Å². The zero-order chi connectivity index (χ0) is 26.0. The molecule has 35 heavy (non-hydrogen) atoms. The topological polar surface area (TPSA) is 82.1 Å². The summed E-state index contributed by atoms with van der Waals surface area (Å²) in [5.74, 6) is 4.47. The SMILES string of the molecule is C[C@@H](C#Cc1ccccc1)[C@]1(OC(=O)OC(C)(C)C)C(=O)N(C(=O)OC(C)(C)C)c2ccccc21. The lowest BCUT2D eigenvalue weighted by molar-refractivity contribution is -0.145. The van der Waals surface area contributed by atoms with Crippen LogP contribution in [0.3, 0.4) is 0 Å². The van der Waals surface area contributed by atoms with E-state index >= 15 is 0 Å². The third-order valence-corrected chi connectivity index (χ3v) is 5.09. The average Bonchev–Trinajstić information content (AvgIpc) is 2.99. The van der Waals surface area contributed by atoms with Crippen molar-refractivity contribution in [1.29, 1.82) is 0 Å². The Hall–Kier alpha value is -3.79. The Morgan fingerprint density at radius 2 is 1.46 bits per heavy atom. The van der Waals surface area contributed by atoms with E-state index in [1.165, 1.54) is 0 Å². The predicted molar refractivity (Wildman–Crippen MR) is 132 cm³/mol. The number of carbonyl (C=O) groups excluding carboxylic acids is 3. The molecule has 0 fully saturated rings. The van der Waals surface area contributed by atoms with Crippen LogP contribution < -0.4 is 4.90 Å². The van der Waals surface area contributed by atoms with Gasteiger partial charge in [-0.25, -0.2) is 14.5 Å². The summed E-state index contributed by atoms with van der Waals surface area (Å²) in [5.41, 5.74) is -2.29. The van der Waals surface area contributed by atoms with Crippen molar-refractivity contribution >= 4 is 23.8 Å². The number of anilines is 1. The maximum atomic E-state index is 14.0. The zero-order valence-corrected chi connectivity index (χ0v) is 21.2. The summed E-state index contributed by atoms with van der Waals surface area (Å²) in [6, 6.07) is 15.9. The average molecular weight is 478 g/mol. The Morgan fingerprint density at radius 1 is 0.886 bits per heavy atom. The van der Waals surface area contributed by atoms with E-state index in [4.69, 9.17) is 14.2 Å². The highest BCUT2D eigenvalue weighted by Crippen LogP contribution is 2.48. The molecule has 0 spiro atoms. The van der Waals surface area contributed by atoms with E-state index in [0.29, 0.717) is 5.56 Å². The maximum absolute atomic E-state index is 14.0. The monoisotopic (exact) mass is 477 g/mol. The first-order chi connectivity index (χ1) is 16.2. The predicted octanol–water partition coefficient (Wildman–Crippen LogP) is 5.80. The van der Waals surface area contributed by atoms with Gasteiger partial charge in [-0.1, -0.05) is 48.2 Å². The summed E-state index contributed by atoms with van der Waals surface area (Å²) in [5, 5.41) is 0. The number of ether oxygens (including phenoxy) is 3. The van der Waals surface area contributed by atoms with Gasteiger partial charge >= 0.3 is 12.2 Å². The molecule has 0 saturated heterocycles. The summed E-state index contributed by atoms with van der Waals surface area (Å²) < 4.78 is 16.7. The van der Waals surface area contributed by atoms with Crippen LogP contribution in [0.5, 0.6) is 0 Å². The molecule has 0 N–H and O–H groups in total. The molecule has 0 aliphatic carbocycles. The van der Waals surface area contributed by atoms with Crippen LogP contribution >= 0.6 is 0 Å². The van der Waals surface area contributed by atoms with Crippen molar-refractivity contribution in [3.05, 3.63) is 65.7 Å². The number of nitrogens with zero attached hydrogens (tertiary/aromatic N) is 1. The molecule has 2 atom stereocenters. The number of hydrogen-bond donors (Lipinski definition) is 0. The van der Waals surface area contributed by atoms with Gasteiger partial charge in [-0.3, -0.25) is 4.79 Å². The molecule has 184 valence electrons. The van der Waals surface area contributed by atoms with Gasteiger partial charge in [0.15, 0.2) is 0 Å². The van der Waals surface area contributed by atoms with Gasteiger partial charge in [0.25, 0.3) is 5.91 Å². The van der Waals surface area contributed by atoms with Gasteiger partial charge in [-0.15, -0.1) is 0 Å². The smallest absolute Gasteiger partial charge is 0.443 e. The van der Waals surface area contributed by atoms with Crippen LogP contribution in [0, 0.1) is 17.8 Å². The summed E-state index contributed by atoms with van der Waals surface area (Å²) in [6.45, 7) is 11.9. The first-order valence-electron chi connectivity index (χ1n) is 11.4. The fourth-order valence-corrected chi connectivity index (χ4v) is 3.68. The molecule has 2 amide bonds. The number of fused-ring (bicyclic) bond motifs is 1. The summed E-state index contributed by atoms with van der Waals surface area (Å²) in [4.78, 5) is 40.9. The number of imide groups is 1. The minimum absolute atomic E-state index is 0.267. The normalized spacial score (nSPS) is 18.1.